The van der Waals surface area contributed by atoms with Gasteiger partial charge in [-0.3, -0.25) is 0 Å². The van der Waals surface area contributed by atoms with Gasteiger partial charge >= 0.3 is 0 Å². The Bertz CT molecular complexity index is 118. The molecule has 0 aromatic heterocycles. The van der Waals surface area contributed by atoms with Crippen molar-refractivity contribution >= 4 is 11.6 Å². The molecule has 0 amide bonds. The van der Waals surface area contributed by atoms with Gasteiger partial charge in [-0.1, -0.05) is 12.2 Å². The lowest BCUT2D eigenvalue weighted by Crippen LogP contribution is -2.22. The number of hydrogen-bond acceptors (Lipinski definition) is 1. The average Bonchev–Trinajstić information content (AvgIpc) is 1.87. The zero-order valence-electron chi connectivity index (χ0n) is 6.91. The molecular formula is C8H15ClO. The first-order valence-electron chi connectivity index (χ1n) is 3.29. The summed E-state index contributed by atoms with van der Waals surface area (Å²) in [5.74, 6) is 0.521. The van der Waals surface area contributed by atoms with Crippen LogP contribution in [0.2, 0.25) is 0 Å². The minimum absolute atomic E-state index is 0.119. The molecule has 0 spiro atoms. The van der Waals surface area contributed by atoms with E-state index in [0.29, 0.717) is 5.88 Å². The van der Waals surface area contributed by atoms with E-state index in [0.717, 1.165) is 12.0 Å². The van der Waals surface area contributed by atoms with Crippen molar-refractivity contribution in [1.29, 1.82) is 0 Å². The highest BCUT2D eigenvalue weighted by molar-refractivity contribution is 6.19. The maximum Gasteiger partial charge on any atom is 0.0660 e. The highest BCUT2D eigenvalue weighted by Crippen LogP contribution is 2.18. The molecule has 0 aliphatic carbocycles. The average molecular weight is 163 g/mol. The quantitative estimate of drug-likeness (QED) is 0.456. The van der Waals surface area contributed by atoms with Gasteiger partial charge in [-0.2, -0.15) is 0 Å². The van der Waals surface area contributed by atoms with Crippen LogP contribution < -0.4 is 0 Å². The van der Waals surface area contributed by atoms with Crippen LogP contribution in [0.15, 0.2) is 12.2 Å². The van der Waals surface area contributed by atoms with Gasteiger partial charge in [0.15, 0.2) is 0 Å². The van der Waals surface area contributed by atoms with Gasteiger partial charge in [0.1, 0.15) is 0 Å². The Kier molecular flexibility index (Phi) is 3.99. The number of rotatable bonds is 4. The van der Waals surface area contributed by atoms with Crippen LogP contribution in [0.3, 0.4) is 0 Å². The van der Waals surface area contributed by atoms with E-state index < -0.39 is 0 Å². The van der Waals surface area contributed by atoms with E-state index in [1.807, 2.05) is 13.8 Å². The first kappa shape index (κ1) is 9.99. The Morgan fingerprint density at radius 2 is 2.10 bits per heavy atom. The van der Waals surface area contributed by atoms with Gasteiger partial charge in [0.2, 0.25) is 0 Å². The molecule has 0 saturated carbocycles. The van der Waals surface area contributed by atoms with Crippen LogP contribution in [-0.2, 0) is 4.74 Å². The highest BCUT2D eigenvalue weighted by atomic mass is 35.5. The third-order valence-electron chi connectivity index (χ3n) is 1.42. The molecule has 0 atom stereocenters. The highest BCUT2D eigenvalue weighted by Gasteiger charge is 2.16. The molecule has 0 aliphatic heterocycles. The van der Waals surface area contributed by atoms with Crippen LogP contribution in [0.5, 0.6) is 0 Å². The number of alkyl halides is 1. The minimum atomic E-state index is -0.119. The molecule has 0 aromatic rings. The van der Waals surface area contributed by atoms with Crippen molar-refractivity contribution < 1.29 is 4.74 Å². The van der Waals surface area contributed by atoms with E-state index >= 15 is 0 Å². The maximum absolute atomic E-state index is 5.56. The minimum Gasteiger partial charge on any atom is -0.378 e. The van der Waals surface area contributed by atoms with Gasteiger partial charge in [0, 0.05) is 13.0 Å². The molecule has 0 rings (SSSR count). The molecule has 0 aliphatic rings. The van der Waals surface area contributed by atoms with Gasteiger partial charge < -0.3 is 4.74 Å². The van der Waals surface area contributed by atoms with Crippen LogP contribution in [0.1, 0.15) is 20.3 Å². The predicted molar refractivity (Wildman–Crippen MR) is 45.6 cm³/mol. The third kappa shape index (κ3) is 3.91. The van der Waals surface area contributed by atoms with E-state index in [9.17, 15) is 0 Å². The topological polar surface area (TPSA) is 9.23 Å². The second-order valence-corrected chi connectivity index (χ2v) is 3.29. The molecule has 60 valence electrons. The van der Waals surface area contributed by atoms with E-state index in [-0.39, 0.29) is 5.60 Å². The molecule has 0 fully saturated rings. The van der Waals surface area contributed by atoms with Crippen LogP contribution >= 0.6 is 11.6 Å². The second kappa shape index (κ2) is 3.99. The molecule has 10 heavy (non-hydrogen) atoms. The smallest absolute Gasteiger partial charge is 0.0660 e. The van der Waals surface area contributed by atoms with Crippen molar-refractivity contribution in [2.24, 2.45) is 0 Å². The molecule has 0 bridgehead atoms. The molecule has 0 radical (unpaired) electrons. The van der Waals surface area contributed by atoms with Crippen LogP contribution in [0, 0.1) is 0 Å². The van der Waals surface area contributed by atoms with Gasteiger partial charge in [0.05, 0.1) is 5.60 Å². The van der Waals surface area contributed by atoms with Crippen molar-refractivity contribution in [3.63, 3.8) is 0 Å². The summed E-state index contributed by atoms with van der Waals surface area (Å²) in [6, 6.07) is 0. The monoisotopic (exact) mass is 162 g/mol. The normalized spacial score (nSPS) is 11.6. The summed E-state index contributed by atoms with van der Waals surface area (Å²) in [5, 5.41) is 0. The molecule has 2 heteroatoms. The van der Waals surface area contributed by atoms with Crippen molar-refractivity contribution in [3.05, 3.63) is 12.2 Å². The van der Waals surface area contributed by atoms with E-state index in [1.54, 1.807) is 7.11 Å². The first-order valence-corrected chi connectivity index (χ1v) is 3.83. The Labute approximate surface area is 68.0 Å². The summed E-state index contributed by atoms with van der Waals surface area (Å²) in [4.78, 5) is 0. The summed E-state index contributed by atoms with van der Waals surface area (Å²) in [6.07, 6.45) is 0.826. The Morgan fingerprint density at radius 3 is 2.40 bits per heavy atom. The summed E-state index contributed by atoms with van der Waals surface area (Å²) >= 11 is 5.56. The fourth-order valence-electron chi connectivity index (χ4n) is 0.721. The number of ether oxygens (including phenoxy) is 1. The molecule has 1 nitrogen and oxygen atoms in total. The van der Waals surface area contributed by atoms with Gasteiger partial charge in [-0.05, 0) is 20.3 Å². The lowest BCUT2D eigenvalue weighted by Gasteiger charge is -2.23. The Morgan fingerprint density at radius 1 is 1.60 bits per heavy atom. The fraction of sp³-hybridized carbons (Fsp3) is 0.750. The van der Waals surface area contributed by atoms with Crippen molar-refractivity contribution in [2.45, 2.75) is 25.9 Å². The van der Waals surface area contributed by atoms with E-state index in [4.69, 9.17) is 16.3 Å². The summed E-state index contributed by atoms with van der Waals surface area (Å²) in [7, 11) is 1.70. The molecular weight excluding hydrogens is 148 g/mol. The van der Waals surface area contributed by atoms with Crippen molar-refractivity contribution in [3.8, 4) is 0 Å². The Balaban J connectivity index is 3.76. The summed E-state index contributed by atoms with van der Waals surface area (Å²) < 4.78 is 5.19. The predicted octanol–water partition coefficient (Wildman–Crippen LogP) is 2.60. The van der Waals surface area contributed by atoms with E-state index in [2.05, 4.69) is 6.58 Å². The number of methoxy groups -OCH3 is 1. The zero-order chi connectivity index (χ0) is 8.20. The molecule has 0 unspecified atom stereocenters. The zero-order valence-corrected chi connectivity index (χ0v) is 7.66. The van der Waals surface area contributed by atoms with E-state index in [1.165, 1.54) is 0 Å². The summed E-state index contributed by atoms with van der Waals surface area (Å²) in [5.41, 5.74) is 0.903. The lowest BCUT2D eigenvalue weighted by atomic mass is 10.0. The van der Waals surface area contributed by atoms with Crippen LogP contribution in [0.25, 0.3) is 0 Å². The number of hydrogen-bond donors (Lipinski definition) is 0. The number of halogens is 1. The Hall–Kier alpha value is -0.0100. The largest absolute Gasteiger partial charge is 0.378 e. The molecule has 0 heterocycles. The summed E-state index contributed by atoms with van der Waals surface area (Å²) in [6.45, 7) is 7.83. The van der Waals surface area contributed by atoms with Gasteiger partial charge in [-0.15, -0.1) is 11.6 Å². The lowest BCUT2D eigenvalue weighted by molar-refractivity contribution is 0.0234. The molecule has 0 aromatic carbocycles. The van der Waals surface area contributed by atoms with Gasteiger partial charge in [0.25, 0.3) is 0 Å². The maximum atomic E-state index is 5.56. The SMILES string of the molecule is C=C(CCl)CC(C)(C)OC. The van der Waals surface area contributed by atoms with Gasteiger partial charge in [-0.25, -0.2) is 0 Å². The second-order valence-electron chi connectivity index (χ2n) is 3.02. The fourth-order valence-corrected chi connectivity index (χ4v) is 0.816. The molecule has 0 saturated heterocycles. The van der Waals surface area contributed by atoms with Crippen molar-refractivity contribution in [2.75, 3.05) is 13.0 Å². The molecule has 0 N–H and O–H groups in total. The third-order valence-corrected chi connectivity index (χ3v) is 1.80. The van der Waals surface area contributed by atoms with Crippen LogP contribution in [0.4, 0.5) is 0 Å². The van der Waals surface area contributed by atoms with Crippen LogP contribution in [-0.4, -0.2) is 18.6 Å². The standard InChI is InChI=1S/C8H15ClO/c1-7(6-9)5-8(2,3)10-4/h1,5-6H2,2-4H3. The first-order chi connectivity index (χ1) is 4.52. The van der Waals surface area contributed by atoms with Crippen molar-refractivity contribution in [1.82, 2.24) is 0 Å².